The van der Waals surface area contributed by atoms with E-state index in [1.165, 1.54) is 0 Å². The van der Waals surface area contributed by atoms with Crippen molar-refractivity contribution in [2.45, 2.75) is 26.4 Å². The monoisotopic (exact) mass is 448 g/mol. The van der Waals surface area contributed by atoms with E-state index in [0.29, 0.717) is 12.1 Å². The van der Waals surface area contributed by atoms with Crippen LogP contribution in [-0.2, 0) is 6.54 Å². The molecule has 2 aromatic heterocycles. The first-order valence-electron chi connectivity index (χ1n) is 9.43. The second-order valence-corrected chi connectivity index (χ2v) is 8.00. The zero-order valence-corrected chi connectivity index (χ0v) is 17.8. The molecule has 0 bridgehead atoms. The zero-order valence-electron chi connectivity index (χ0n) is 16.3. The Morgan fingerprint density at radius 1 is 1.17 bits per heavy atom. The van der Waals surface area contributed by atoms with Crippen LogP contribution < -0.4 is 5.32 Å². The van der Waals surface area contributed by atoms with E-state index in [1.54, 1.807) is 6.20 Å². The Hall–Kier alpha value is -2.99. The van der Waals surface area contributed by atoms with Gasteiger partial charge in [0.15, 0.2) is 0 Å². The first-order chi connectivity index (χ1) is 14.0. The number of benzene rings is 2. The molecule has 0 aliphatic heterocycles. The van der Waals surface area contributed by atoms with Gasteiger partial charge < -0.3 is 5.32 Å². The molecule has 4 rings (SSSR count). The molecule has 6 heteroatoms. The third kappa shape index (κ3) is 4.22. The van der Waals surface area contributed by atoms with Gasteiger partial charge in [-0.1, -0.05) is 34.1 Å². The van der Waals surface area contributed by atoms with Crippen molar-refractivity contribution < 1.29 is 4.79 Å². The molecular formula is C23H21BrN4O. The van der Waals surface area contributed by atoms with E-state index < -0.39 is 0 Å². The third-order valence-electron chi connectivity index (χ3n) is 4.97. The van der Waals surface area contributed by atoms with Crippen LogP contribution in [-0.4, -0.2) is 20.7 Å². The number of nitrogens with one attached hydrogen (secondary N) is 1. The molecule has 0 aliphatic carbocycles. The molecule has 2 aromatic carbocycles. The number of nitrogens with zero attached hydrogens (tertiary/aromatic N) is 3. The fourth-order valence-corrected chi connectivity index (χ4v) is 3.65. The SMILES string of the molecule is Cc1nn(Cc2cccnc2)c2ccc(C(=O)N[C@@H](C)c3ccc(Br)cc3)cc12. The number of carbonyl (C=O) groups excluding carboxylic acids is 1. The fourth-order valence-electron chi connectivity index (χ4n) is 3.38. The number of amides is 1. The lowest BCUT2D eigenvalue weighted by molar-refractivity contribution is 0.0940. The predicted octanol–water partition coefficient (Wildman–Crippen LogP) is 5.04. The van der Waals surface area contributed by atoms with E-state index in [2.05, 4.69) is 31.3 Å². The molecule has 1 amide bonds. The van der Waals surface area contributed by atoms with Crippen molar-refractivity contribution >= 4 is 32.7 Å². The molecule has 0 spiro atoms. The molecule has 4 aromatic rings. The number of hydrogen-bond acceptors (Lipinski definition) is 3. The molecular weight excluding hydrogens is 428 g/mol. The normalized spacial score (nSPS) is 12.1. The van der Waals surface area contributed by atoms with E-state index in [0.717, 1.165) is 32.2 Å². The minimum absolute atomic E-state index is 0.0827. The zero-order chi connectivity index (χ0) is 20.4. The number of rotatable bonds is 5. The van der Waals surface area contributed by atoms with E-state index in [-0.39, 0.29) is 11.9 Å². The Morgan fingerprint density at radius 2 is 1.97 bits per heavy atom. The summed E-state index contributed by atoms with van der Waals surface area (Å²) in [6.07, 6.45) is 3.60. The van der Waals surface area contributed by atoms with Gasteiger partial charge in [-0.05, 0) is 61.4 Å². The highest BCUT2D eigenvalue weighted by Crippen LogP contribution is 2.22. The summed E-state index contributed by atoms with van der Waals surface area (Å²) in [5, 5.41) is 8.71. The van der Waals surface area contributed by atoms with Gasteiger partial charge in [0.25, 0.3) is 5.91 Å². The van der Waals surface area contributed by atoms with Crippen LogP contribution in [0.5, 0.6) is 0 Å². The van der Waals surface area contributed by atoms with Crippen molar-refractivity contribution in [2.24, 2.45) is 0 Å². The summed E-state index contributed by atoms with van der Waals surface area (Å²) in [5.74, 6) is -0.0956. The lowest BCUT2D eigenvalue weighted by atomic mass is 10.1. The Balaban J connectivity index is 1.56. The molecule has 0 unspecified atom stereocenters. The fraction of sp³-hybridized carbons (Fsp3) is 0.174. The van der Waals surface area contributed by atoms with Crippen molar-refractivity contribution in [1.29, 1.82) is 0 Å². The van der Waals surface area contributed by atoms with Crippen LogP contribution >= 0.6 is 15.9 Å². The highest BCUT2D eigenvalue weighted by Gasteiger charge is 2.15. The van der Waals surface area contributed by atoms with Crippen molar-refractivity contribution in [2.75, 3.05) is 0 Å². The predicted molar refractivity (Wildman–Crippen MR) is 118 cm³/mol. The van der Waals surface area contributed by atoms with Gasteiger partial charge in [0.05, 0.1) is 23.8 Å². The van der Waals surface area contributed by atoms with Crippen LogP contribution in [0.2, 0.25) is 0 Å². The Bertz CT molecular complexity index is 1150. The molecule has 1 N–H and O–H groups in total. The summed E-state index contributed by atoms with van der Waals surface area (Å²) in [4.78, 5) is 17.0. The average molecular weight is 449 g/mol. The van der Waals surface area contributed by atoms with Crippen LogP contribution in [0.25, 0.3) is 10.9 Å². The highest BCUT2D eigenvalue weighted by atomic mass is 79.9. The number of aryl methyl sites for hydroxylation is 1. The molecule has 5 nitrogen and oxygen atoms in total. The minimum atomic E-state index is -0.0956. The van der Waals surface area contributed by atoms with Gasteiger partial charge in [0, 0.05) is 27.8 Å². The van der Waals surface area contributed by atoms with Gasteiger partial charge in [-0.3, -0.25) is 14.5 Å². The number of carbonyl (C=O) groups is 1. The molecule has 0 aliphatic rings. The third-order valence-corrected chi connectivity index (χ3v) is 5.50. The topological polar surface area (TPSA) is 59.8 Å². The van der Waals surface area contributed by atoms with E-state index in [9.17, 15) is 4.79 Å². The Labute approximate surface area is 177 Å². The van der Waals surface area contributed by atoms with E-state index >= 15 is 0 Å². The van der Waals surface area contributed by atoms with Crippen LogP contribution in [0, 0.1) is 6.92 Å². The maximum atomic E-state index is 12.8. The summed E-state index contributed by atoms with van der Waals surface area (Å²) < 4.78 is 2.97. The summed E-state index contributed by atoms with van der Waals surface area (Å²) in [6.45, 7) is 4.59. The molecule has 2 heterocycles. The summed E-state index contributed by atoms with van der Waals surface area (Å²) in [7, 11) is 0. The van der Waals surface area contributed by atoms with Gasteiger partial charge >= 0.3 is 0 Å². The van der Waals surface area contributed by atoms with Crippen LogP contribution in [0.3, 0.4) is 0 Å². The number of halogens is 1. The maximum Gasteiger partial charge on any atom is 0.251 e. The van der Waals surface area contributed by atoms with Crippen molar-refractivity contribution in [1.82, 2.24) is 20.1 Å². The molecule has 29 heavy (non-hydrogen) atoms. The Kier molecular flexibility index (Phi) is 5.45. The molecule has 0 saturated heterocycles. The van der Waals surface area contributed by atoms with Gasteiger partial charge in [0.2, 0.25) is 0 Å². The minimum Gasteiger partial charge on any atom is -0.346 e. The number of hydrogen-bond donors (Lipinski definition) is 1. The quantitative estimate of drug-likeness (QED) is 0.464. The first-order valence-corrected chi connectivity index (χ1v) is 10.2. The van der Waals surface area contributed by atoms with Crippen molar-refractivity contribution in [3.63, 3.8) is 0 Å². The van der Waals surface area contributed by atoms with Crippen molar-refractivity contribution in [3.05, 3.63) is 93.8 Å². The van der Waals surface area contributed by atoms with Gasteiger partial charge in [-0.2, -0.15) is 5.10 Å². The highest BCUT2D eigenvalue weighted by molar-refractivity contribution is 9.10. The average Bonchev–Trinajstić information content (AvgIpc) is 3.04. The summed E-state index contributed by atoms with van der Waals surface area (Å²) in [6, 6.07) is 17.6. The lowest BCUT2D eigenvalue weighted by Gasteiger charge is -2.14. The van der Waals surface area contributed by atoms with Crippen LogP contribution in [0.4, 0.5) is 0 Å². The van der Waals surface area contributed by atoms with E-state index in [1.807, 2.05) is 79.3 Å². The first kappa shape index (κ1) is 19.3. The molecule has 0 saturated carbocycles. The molecule has 146 valence electrons. The second-order valence-electron chi connectivity index (χ2n) is 7.08. The van der Waals surface area contributed by atoms with Crippen LogP contribution in [0.1, 0.15) is 40.1 Å². The molecule has 1 atom stereocenters. The van der Waals surface area contributed by atoms with Crippen molar-refractivity contribution in [3.8, 4) is 0 Å². The molecule has 0 fully saturated rings. The molecule has 0 radical (unpaired) electrons. The lowest BCUT2D eigenvalue weighted by Crippen LogP contribution is -2.26. The van der Waals surface area contributed by atoms with Gasteiger partial charge in [-0.25, -0.2) is 0 Å². The smallest absolute Gasteiger partial charge is 0.251 e. The van der Waals surface area contributed by atoms with Gasteiger partial charge in [0.1, 0.15) is 0 Å². The van der Waals surface area contributed by atoms with Crippen LogP contribution in [0.15, 0.2) is 71.5 Å². The Morgan fingerprint density at radius 3 is 2.69 bits per heavy atom. The second kappa shape index (κ2) is 8.17. The summed E-state index contributed by atoms with van der Waals surface area (Å²) in [5.41, 5.74) is 4.68. The van der Waals surface area contributed by atoms with Gasteiger partial charge in [-0.15, -0.1) is 0 Å². The number of pyridine rings is 1. The maximum absolute atomic E-state index is 12.8. The van der Waals surface area contributed by atoms with E-state index in [4.69, 9.17) is 0 Å². The number of fused-ring (bicyclic) bond motifs is 1. The summed E-state index contributed by atoms with van der Waals surface area (Å²) >= 11 is 3.44. The largest absolute Gasteiger partial charge is 0.346 e. The number of aromatic nitrogens is 3. The standard InChI is InChI=1S/C23H21BrN4O/c1-15(18-5-8-20(24)9-6-18)26-23(29)19-7-10-22-21(12-19)16(2)27-28(22)14-17-4-3-11-25-13-17/h3-13,15H,14H2,1-2H3,(H,26,29)/t15-/m0/s1.